The van der Waals surface area contributed by atoms with E-state index in [1.165, 1.54) is 0 Å². The average molecular weight is 376 g/mol. The number of anilines is 1. The van der Waals surface area contributed by atoms with Crippen LogP contribution in [0.1, 0.15) is 21.7 Å². The van der Waals surface area contributed by atoms with Gasteiger partial charge in [-0.05, 0) is 30.8 Å². The lowest BCUT2D eigenvalue weighted by Gasteiger charge is -2.34. The number of carbonyl (C=O) groups excluding carboxylic acids is 1. The van der Waals surface area contributed by atoms with Crippen molar-refractivity contribution in [2.24, 2.45) is 0 Å². The molecule has 3 aromatic rings. The minimum Gasteiger partial charge on any atom is -0.368 e. The van der Waals surface area contributed by atoms with Gasteiger partial charge >= 0.3 is 0 Å². The normalized spacial score (nSPS) is 17.5. The van der Waals surface area contributed by atoms with Crippen LogP contribution in [0.15, 0.2) is 42.6 Å². The molecule has 2 aliphatic rings. The van der Waals surface area contributed by atoms with E-state index in [0.717, 1.165) is 54.5 Å². The number of benzene rings is 1. The van der Waals surface area contributed by atoms with Gasteiger partial charge in [-0.2, -0.15) is 5.10 Å². The van der Waals surface area contributed by atoms with Gasteiger partial charge in [0.1, 0.15) is 0 Å². The number of carbonyl (C=O) groups is 1. The third kappa shape index (κ3) is 3.01. The first-order valence-corrected chi connectivity index (χ1v) is 9.84. The van der Waals surface area contributed by atoms with Gasteiger partial charge in [-0.15, -0.1) is 0 Å². The highest BCUT2D eigenvalue weighted by Gasteiger charge is 2.32. The van der Waals surface area contributed by atoms with Crippen molar-refractivity contribution in [2.75, 3.05) is 44.7 Å². The van der Waals surface area contributed by atoms with Gasteiger partial charge in [-0.1, -0.05) is 18.2 Å². The molecule has 0 bridgehead atoms. The SMILES string of the molecule is CN1CCN(c2cccc3c2C(=O)N(CCc2nc4ccccn4n2)C3)CC1. The summed E-state index contributed by atoms with van der Waals surface area (Å²) < 4.78 is 1.78. The number of nitrogens with zero attached hydrogens (tertiary/aromatic N) is 6. The van der Waals surface area contributed by atoms with Crippen LogP contribution >= 0.6 is 0 Å². The maximum absolute atomic E-state index is 13.2. The van der Waals surface area contributed by atoms with Crippen LogP contribution in [0, 0.1) is 0 Å². The number of rotatable bonds is 4. The predicted molar refractivity (Wildman–Crippen MR) is 108 cm³/mol. The second-order valence-corrected chi connectivity index (χ2v) is 7.61. The van der Waals surface area contributed by atoms with Crippen molar-refractivity contribution in [3.63, 3.8) is 0 Å². The van der Waals surface area contributed by atoms with E-state index in [9.17, 15) is 4.79 Å². The maximum Gasteiger partial charge on any atom is 0.256 e. The molecule has 5 rings (SSSR count). The van der Waals surface area contributed by atoms with Crippen molar-refractivity contribution in [1.82, 2.24) is 24.4 Å². The van der Waals surface area contributed by atoms with Crippen molar-refractivity contribution in [3.05, 3.63) is 59.5 Å². The monoisotopic (exact) mass is 376 g/mol. The molecule has 7 heteroatoms. The van der Waals surface area contributed by atoms with E-state index in [4.69, 9.17) is 0 Å². The summed E-state index contributed by atoms with van der Waals surface area (Å²) in [7, 11) is 2.15. The smallest absolute Gasteiger partial charge is 0.256 e. The van der Waals surface area contributed by atoms with Gasteiger partial charge in [-0.3, -0.25) is 4.79 Å². The van der Waals surface area contributed by atoms with E-state index in [0.29, 0.717) is 19.5 Å². The zero-order chi connectivity index (χ0) is 19.1. The molecule has 144 valence electrons. The average Bonchev–Trinajstić information content (AvgIpc) is 3.27. The summed E-state index contributed by atoms with van der Waals surface area (Å²) in [5.74, 6) is 0.905. The van der Waals surface area contributed by atoms with Crippen LogP contribution < -0.4 is 4.90 Å². The van der Waals surface area contributed by atoms with Gasteiger partial charge < -0.3 is 14.7 Å². The van der Waals surface area contributed by atoms with Crippen LogP contribution in [-0.4, -0.2) is 70.1 Å². The Kier molecular flexibility index (Phi) is 4.24. The van der Waals surface area contributed by atoms with E-state index in [2.05, 4.69) is 45.1 Å². The number of fused-ring (bicyclic) bond motifs is 2. The molecule has 0 aliphatic carbocycles. The molecule has 0 N–H and O–H groups in total. The van der Waals surface area contributed by atoms with Crippen molar-refractivity contribution < 1.29 is 4.79 Å². The van der Waals surface area contributed by atoms with E-state index in [1.807, 2.05) is 29.3 Å². The summed E-state index contributed by atoms with van der Waals surface area (Å²) in [6, 6.07) is 12.1. The van der Waals surface area contributed by atoms with Crippen LogP contribution in [-0.2, 0) is 13.0 Å². The molecule has 0 saturated carbocycles. The van der Waals surface area contributed by atoms with Crippen molar-refractivity contribution in [1.29, 1.82) is 0 Å². The lowest BCUT2D eigenvalue weighted by molar-refractivity contribution is 0.0780. The van der Waals surface area contributed by atoms with Crippen LogP contribution in [0.5, 0.6) is 0 Å². The van der Waals surface area contributed by atoms with Crippen LogP contribution in [0.3, 0.4) is 0 Å². The first kappa shape index (κ1) is 17.2. The highest BCUT2D eigenvalue weighted by molar-refractivity contribution is 6.03. The Morgan fingerprint density at radius 3 is 2.71 bits per heavy atom. The van der Waals surface area contributed by atoms with Gasteiger partial charge in [0.2, 0.25) is 0 Å². The van der Waals surface area contributed by atoms with Crippen LogP contribution in [0.25, 0.3) is 5.65 Å². The fraction of sp³-hybridized carbons (Fsp3) is 0.381. The number of hydrogen-bond acceptors (Lipinski definition) is 5. The molecule has 1 fully saturated rings. The third-order valence-corrected chi connectivity index (χ3v) is 5.73. The second-order valence-electron chi connectivity index (χ2n) is 7.61. The maximum atomic E-state index is 13.2. The summed E-state index contributed by atoms with van der Waals surface area (Å²) in [6.45, 7) is 5.29. The van der Waals surface area contributed by atoms with Gasteiger partial charge in [0.15, 0.2) is 11.5 Å². The van der Waals surface area contributed by atoms with Gasteiger partial charge in [-0.25, -0.2) is 9.50 Å². The minimum absolute atomic E-state index is 0.133. The van der Waals surface area contributed by atoms with E-state index < -0.39 is 0 Å². The van der Waals surface area contributed by atoms with E-state index >= 15 is 0 Å². The topological polar surface area (TPSA) is 57.0 Å². The molecule has 2 aromatic heterocycles. The summed E-state index contributed by atoms with van der Waals surface area (Å²) in [5, 5.41) is 4.50. The first-order valence-electron chi connectivity index (χ1n) is 9.84. The summed E-state index contributed by atoms with van der Waals surface area (Å²) in [5.41, 5.74) is 3.94. The summed E-state index contributed by atoms with van der Waals surface area (Å²) >= 11 is 0. The molecule has 0 atom stereocenters. The van der Waals surface area contributed by atoms with E-state index in [1.54, 1.807) is 4.52 Å². The van der Waals surface area contributed by atoms with Crippen LogP contribution in [0.2, 0.25) is 0 Å². The van der Waals surface area contributed by atoms with Crippen molar-refractivity contribution >= 4 is 17.2 Å². The highest BCUT2D eigenvalue weighted by Crippen LogP contribution is 2.32. The Hall–Kier alpha value is -2.93. The zero-order valence-electron chi connectivity index (χ0n) is 16.1. The zero-order valence-corrected chi connectivity index (χ0v) is 16.1. The van der Waals surface area contributed by atoms with Gasteiger partial charge in [0.25, 0.3) is 5.91 Å². The lowest BCUT2D eigenvalue weighted by Crippen LogP contribution is -2.45. The van der Waals surface area contributed by atoms with Crippen LogP contribution in [0.4, 0.5) is 5.69 Å². The summed E-state index contributed by atoms with van der Waals surface area (Å²) in [6.07, 6.45) is 2.55. The molecule has 0 spiro atoms. The quantitative estimate of drug-likeness (QED) is 0.693. The number of aromatic nitrogens is 3. The molecule has 1 aromatic carbocycles. The Morgan fingerprint density at radius 2 is 1.89 bits per heavy atom. The Bertz CT molecular complexity index is 988. The molecule has 1 amide bonds. The standard InChI is InChI=1S/C21H24N6O/c1-24-11-13-25(14-12-24)17-6-4-5-16-15-26(21(28)20(16)17)10-8-18-22-19-7-2-3-9-27(19)23-18/h2-7,9H,8,10-15H2,1H3. The molecule has 0 radical (unpaired) electrons. The fourth-order valence-electron chi connectivity index (χ4n) is 4.11. The van der Waals surface area contributed by atoms with E-state index in [-0.39, 0.29) is 5.91 Å². The molecule has 4 heterocycles. The van der Waals surface area contributed by atoms with Crippen molar-refractivity contribution in [2.45, 2.75) is 13.0 Å². The second kappa shape index (κ2) is 6.91. The fourth-order valence-corrected chi connectivity index (χ4v) is 4.11. The molecule has 1 saturated heterocycles. The Balaban J connectivity index is 1.32. The van der Waals surface area contributed by atoms with Crippen molar-refractivity contribution in [3.8, 4) is 0 Å². The van der Waals surface area contributed by atoms with Gasteiger partial charge in [0.05, 0.1) is 5.56 Å². The number of piperazine rings is 1. The molecule has 2 aliphatic heterocycles. The summed E-state index contributed by atoms with van der Waals surface area (Å²) in [4.78, 5) is 24.3. The number of hydrogen-bond donors (Lipinski definition) is 0. The molecule has 7 nitrogen and oxygen atoms in total. The molecular formula is C21H24N6O. The first-order chi connectivity index (χ1) is 13.7. The molecule has 0 unspecified atom stereocenters. The number of pyridine rings is 1. The largest absolute Gasteiger partial charge is 0.368 e. The predicted octanol–water partition coefficient (Wildman–Crippen LogP) is 1.68. The molecule has 28 heavy (non-hydrogen) atoms. The Labute approximate surface area is 164 Å². The molecular weight excluding hydrogens is 352 g/mol. The van der Waals surface area contributed by atoms with Gasteiger partial charge in [0, 0.05) is 57.6 Å². The number of amides is 1. The lowest BCUT2D eigenvalue weighted by atomic mass is 10.1. The third-order valence-electron chi connectivity index (χ3n) is 5.73. The highest BCUT2D eigenvalue weighted by atomic mass is 16.2. The Morgan fingerprint density at radius 1 is 1.04 bits per heavy atom. The minimum atomic E-state index is 0.133. The number of likely N-dealkylation sites (N-methyl/N-ethyl adjacent to an activating group) is 1.